The summed E-state index contributed by atoms with van der Waals surface area (Å²) in [4.78, 5) is 8.28. The van der Waals surface area contributed by atoms with Crippen molar-refractivity contribution in [1.82, 2.24) is 18.8 Å². The molecule has 0 spiro atoms. The summed E-state index contributed by atoms with van der Waals surface area (Å²) in [5.41, 5.74) is 0.869. The van der Waals surface area contributed by atoms with Gasteiger partial charge in [0.05, 0.1) is 6.33 Å². The fourth-order valence-electron chi connectivity index (χ4n) is 3.45. The Balaban J connectivity index is 1.65. The minimum Gasteiger partial charge on any atom is -0.365 e. The summed E-state index contributed by atoms with van der Waals surface area (Å²) < 4.78 is 42.4. The quantitative estimate of drug-likeness (QED) is 0.709. The summed E-state index contributed by atoms with van der Waals surface area (Å²) in [7, 11) is -2.00. The molecular formula is C19H20FN5O2S. The molecule has 1 fully saturated rings. The lowest BCUT2D eigenvalue weighted by Gasteiger charge is -2.20. The van der Waals surface area contributed by atoms with Gasteiger partial charge in [-0.1, -0.05) is 18.2 Å². The minimum atomic E-state index is -3.73. The van der Waals surface area contributed by atoms with Crippen molar-refractivity contribution in [3.05, 3.63) is 72.6 Å². The summed E-state index contributed by atoms with van der Waals surface area (Å²) in [6, 6.07) is 11.5. The number of imidazole rings is 1. The number of benzene rings is 1. The molecule has 2 atom stereocenters. The number of hydrogen-bond acceptors (Lipinski definition) is 5. The number of sulfonamides is 1. The fourth-order valence-corrected chi connectivity index (χ4v) is 4.91. The average molecular weight is 401 g/mol. The zero-order valence-corrected chi connectivity index (χ0v) is 16.1. The highest BCUT2D eigenvalue weighted by Gasteiger charge is 2.41. The van der Waals surface area contributed by atoms with Crippen LogP contribution in [0.3, 0.4) is 0 Å². The number of anilines is 1. The summed E-state index contributed by atoms with van der Waals surface area (Å²) in [5, 5.41) is 3.35. The monoisotopic (exact) mass is 401 g/mol. The van der Waals surface area contributed by atoms with Crippen LogP contribution in [0.1, 0.15) is 11.5 Å². The number of aromatic nitrogens is 3. The van der Waals surface area contributed by atoms with Crippen molar-refractivity contribution in [3.63, 3.8) is 0 Å². The van der Waals surface area contributed by atoms with Gasteiger partial charge >= 0.3 is 0 Å². The van der Waals surface area contributed by atoms with Crippen LogP contribution in [-0.4, -0.2) is 46.4 Å². The first-order valence-electron chi connectivity index (χ1n) is 8.84. The Bertz CT molecular complexity index is 1050. The molecule has 7 nitrogen and oxygen atoms in total. The van der Waals surface area contributed by atoms with Gasteiger partial charge in [0, 0.05) is 44.5 Å². The smallest absolute Gasteiger partial charge is 0.262 e. The van der Waals surface area contributed by atoms with E-state index < -0.39 is 10.0 Å². The molecule has 146 valence electrons. The number of nitrogens with zero attached hydrogens (tertiary/aromatic N) is 4. The van der Waals surface area contributed by atoms with Crippen LogP contribution in [0.2, 0.25) is 0 Å². The van der Waals surface area contributed by atoms with Crippen LogP contribution in [0.15, 0.2) is 66.2 Å². The normalized spacial score (nSPS) is 20.4. The molecule has 0 saturated carbocycles. The lowest BCUT2D eigenvalue weighted by molar-refractivity contribution is 0.468. The van der Waals surface area contributed by atoms with E-state index in [-0.39, 0.29) is 35.9 Å². The molecule has 28 heavy (non-hydrogen) atoms. The van der Waals surface area contributed by atoms with Crippen molar-refractivity contribution in [2.45, 2.75) is 17.0 Å². The number of halogens is 1. The van der Waals surface area contributed by atoms with E-state index in [1.165, 1.54) is 29.0 Å². The van der Waals surface area contributed by atoms with Gasteiger partial charge in [-0.25, -0.2) is 22.8 Å². The topological polar surface area (TPSA) is 80.1 Å². The second-order valence-corrected chi connectivity index (χ2v) is 8.71. The van der Waals surface area contributed by atoms with Crippen molar-refractivity contribution in [2.24, 2.45) is 7.05 Å². The van der Waals surface area contributed by atoms with Crippen molar-refractivity contribution < 1.29 is 12.8 Å². The third kappa shape index (κ3) is 3.63. The number of hydrogen-bond donors (Lipinski definition) is 1. The molecule has 1 saturated heterocycles. The lowest BCUT2D eigenvalue weighted by atomic mass is 9.94. The van der Waals surface area contributed by atoms with Crippen LogP contribution in [-0.2, 0) is 17.1 Å². The first-order chi connectivity index (χ1) is 13.4. The Morgan fingerprint density at radius 3 is 2.54 bits per heavy atom. The zero-order chi connectivity index (χ0) is 19.7. The number of rotatable bonds is 5. The highest BCUT2D eigenvalue weighted by atomic mass is 32.2. The summed E-state index contributed by atoms with van der Waals surface area (Å²) in [5.74, 6) is 0.187. The maximum Gasteiger partial charge on any atom is 0.262 e. The van der Waals surface area contributed by atoms with E-state index in [0.717, 1.165) is 5.56 Å². The van der Waals surface area contributed by atoms with E-state index in [2.05, 4.69) is 15.3 Å². The average Bonchev–Trinajstić information content (AvgIpc) is 3.31. The summed E-state index contributed by atoms with van der Waals surface area (Å²) >= 11 is 0. The van der Waals surface area contributed by atoms with E-state index >= 15 is 0 Å². The molecule has 0 radical (unpaired) electrons. The molecule has 3 heterocycles. The standard InChI is InChI=1S/C19H20FN5O2S/c1-24-12-19(22-13-24)28(26,27)25-10-16(14-5-7-15(20)8-6-14)17(11-25)23-18-4-2-3-9-21-18/h2-9,12-13,16-17H,10-11H2,1H3,(H,21,23)/t16-,17+/m0/s1. The van der Waals surface area contributed by atoms with Gasteiger partial charge in [0.15, 0.2) is 5.03 Å². The first kappa shape index (κ1) is 18.6. The van der Waals surface area contributed by atoms with Crippen LogP contribution in [0.25, 0.3) is 0 Å². The van der Waals surface area contributed by atoms with Gasteiger partial charge in [0.1, 0.15) is 11.6 Å². The van der Waals surface area contributed by atoms with E-state index in [1.807, 2.05) is 18.2 Å². The molecule has 1 aliphatic rings. The van der Waals surface area contributed by atoms with Crippen LogP contribution in [0.4, 0.5) is 10.2 Å². The van der Waals surface area contributed by atoms with Gasteiger partial charge < -0.3 is 9.88 Å². The predicted octanol–water partition coefficient (Wildman–Crippen LogP) is 2.22. The lowest BCUT2D eigenvalue weighted by Crippen LogP contribution is -2.32. The molecule has 9 heteroatoms. The van der Waals surface area contributed by atoms with E-state index in [4.69, 9.17) is 0 Å². The number of pyridine rings is 1. The van der Waals surface area contributed by atoms with Crippen molar-refractivity contribution >= 4 is 15.8 Å². The third-order valence-corrected chi connectivity index (χ3v) is 6.59. The van der Waals surface area contributed by atoms with Gasteiger partial charge in [-0.3, -0.25) is 0 Å². The second-order valence-electron chi connectivity index (χ2n) is 6.82. The first-order valence-corrected chi connectivity index (χ1v) is 10.3. The number of nitrogens with one attached hydrogen (secondary N) is 1. The summed E-state index contributed by atoms with van der Waals surface area (Å²) in [6.45, 7) is 0.534. The van der Waals surface area contributed by atoms with Gasteiger partial charge in [0.2, 0.25) is 0 Å². The highest BCUT2D eigenvalue weighted by Crippen LogP contribution is 2.33. The van der Waals surface area contributed by atoms with E-state index in [9.17, 15) is 12.8 Å². The van der Waals surface area contributed by atoms with Gasteiger partial charge in [0.25, 0.3) is 10.0 Å². The Morgan fingerprint density at radius 2 is 1.89 bits per heavy atom. The van der Waals surface area contributed by atoms with Gasteiger partial charge in [-0.05, 0) is 29.8 Å². The van der Waals surface area contributed by atoms with Crippen molar-refractivity contribution in [3.8, 4) is 0 Å². The molecule has 0 bridgehead atoms. The highest BCUT2D eigenvalue weighted by molar-refractivity contribution is 7.89. The third-order valence-electron chi connectivity index (χ3n) is 4.87. The zero-order valence-electron chi connectivity index (χ0n) is 15.2. The molecule has 3 aromatic rings. The fraction of sp³-hybridized carbons (Fsp3) is 0.263. The molecule has 0 amide bonds. The molecule has 0 unspecified atom stereocenters. The van der Waals surface area contributed by atoms with Crippen LogP contribution < -0.4 is 5.32 Å². The molecule has 1 N–H and O–H groups in total. The van der Waals surface area contributed by atoms with Crippen LogP contribution in [0.5, 0.6) is 0 Å². The number of aryl methyl sites for hydroxylation is 1. The molecule has 4 rings (SSSR count). The Labute approximate surface area is 162 Å². The Hall–Kier alpha value is -2.78. The van der Waals surface area contributed by atoms with E-state index in [1.54, 1.807) is 29.9 Å². The van der Waals surface area contributed by atoms with E-state index in [0.29, 0.717) is 5.82 Å². The Kier molecular flexibility index (Phi) is 4.86. The Morgan fingerprint density at radius 1 is 1.11 bits per heavy atom. The molecule has 0 aliphatic carbocycles. The molecule has 2 aromatic heterocycles. The van der Waals surface area contributed by atoms with Crippen molar-refractivity contribution in [2.75, 3.05) is 18.4 Å². The second kappa shape index (κ2) is 7.33. The largest absolute Gasteiger partial charge is 0.365 e. The molecular weight excluding hydrogens is 381 g/mol. The maximum absolute atomic E-state index is 13.4. The van der Waals surface area contributed by atoms with Crippen LogP contribution >= 0.6 is 0 Å². The molecule has 1 aromatic carbocycles. The van der Waals surface area contributed by atoms with Gasteiger partial charge in [-0.15, -0.1) is 0 Å². The van der Waals surface area contributed by atoms with Crippen LogP contribution in [0, 0.1) is 5.82 Å². The SMILES string of the molecule is Cn1cnc(S(=O)(=O)N2C[C@@H](Nc3ccccn3)[C@H](c3ccc(F)cc3)C2)c1. The predicted molar refractivity (Wildman–Crippen MR) is 103 cm³/mol. The summed E-state index contributed by atoms with van der Waals surface area (Å²) in [6.07, 6.45) is 4.62. The minimum absolute atomic E-state index is 0.0198. The van der Waals surface area contributed by atoms with Crippen molar-refractivity contribution in [1.29, 1.82) is 0 Å². The molecule has 1 aliphatic heterocycles. The maximum atomic E-state index is 13.4. The van der Waals surface area contributed by atoms with Gasteiger partial charge in [-0.2, -0.15) is 4.31 Å².